The molecular formula is C9H13NO2. The molecule has 0 saturated carbocycles. The first-order valence-corrected chi connectivity index (χ1v) is 3.85. The van der Waals surface area contributed by atoms with E-state index in [1.165, 1.54) is 0 Å². The van der Waals surface area contributed by atoms with Crippen LogP contribution in [0.4, 0.5) is 0 Å². The van der Waals surface area contributed by atoms with Gasteiger partial charge in [-0.3, -0.25) is 0 Å². The Morgan fingerprint density at radius 3 is 2.33 bits per heavy atom. The highest BCUT2D eigenvalue weighted by molar-refractivity contribution is 5.18. The van der Waals surface area contributed by atoms with Crippen LogP contribution in [0.5, 0.6) is 0 Å². The van der Waals surface area contributed by atoms with Crippen LogP contribution in [0.2, 0.25) is 0 Å². The van der Waals surface area contributed by atoms with Crippen LogP contribution in [-0.4, -0.2) is 22.9 Å². The highest BCUT2D eigenvalue weighted by atomic mass is 16.3. The standard InChI is InChI=1S/C9H13NO2/c10-8(6-11)9(12)7-4-2-1-3-5-7/h1-5,8-9,11-12H,6,10H2/t8?,9-/m1/s1. The monoisotopic (exact) mass is 167 g/mol. The Hall–Kier alpha value is -0.900. The molecule has 12 heavy (non-hydrogen) atoms. The molecule has 1 rings (SSSR count). The third-order valence-electron chi connectivity index (χ3n) is 1.76. The molecular weight excluding hydrogens is 154 g/mol. The van der Waals surface area contributed by atoms with E-state index >= 15 is 0 Å². The number of aliphatic hydroxyl groups excluding tert-OH is 2. The van der Waals surface area contributed by atoms with Gasteiger partial charge in [0.25, 0.3) is 0 Å². The van der Waals surface area contributed by atoms with Gasteiger partial charge in [0.15, 0.2) is 0 Å². The Morgan fingerprint density at radius 1 is 1.25 bits per heavy atom. The van der Waals surface area contributed by atoms with Crippen molar-refractivity contribution in [3.8, 4) is 0 Å². The van der Waals surface area contributed by atoms with Gasteiger partial charge in [0.1, 0.15) is 0 Å². The van der Waals surface area contributed by atoms with E-state index in [0.717, 1.165) is 5.56 Å². The van der Waals surface area contributed by atoms with E-state index < -0.39 is 12.1 Å². The molecule has 4 N–H and O–H groups in total. The predicted molar refractivity (Wildman–Crippen MR) is 46.5 cm³/mol. The van der Waals surface area contributed by atoms with E-state index in [1.54, 1.807) is 12.1 Å². The van der Waals surface area contributed by atoms with E-state index in [-0.39, 0.29) is 6.61 Å². The first-order valence-electron chi connectivity index (χ1n) is 3.85. The number of hydrogen-bond acceptors (Lipinski definition) is 3. The Morgan fingerprint density at radius 2 is 1.83 bits per heavy atom. The normalized spacial score (nSPS) is 15.6. The maximum atomic E-state index is 9.50. The van der Waals surface area contributed by atoms with Gasteiger partial charge in [0.05, 0.1) is 18.8 Å². The van der Waals surface area contributed by atoms with Crippen molar-refractivity contribution in [2.75, 3.05) is 6.61 Å². The SMILES string of the molecule is NC(CO)[C@H](O)c1ccccc1. The molecule has 1 unspecified atom stereocenters. The van der Waals surface area contributed by atoms with E-state index in [4.69, 9.17) is 10.8 Å². The molecule has 0 aliphatic rings. The molecule has 1 aromatic carbocycles. The summed E-state index contributed by atoms with van der Waals surface area (Å²) >= 11 is 0. The molecule has 0 fully saturated rings. The van der Waals surface area contributed by atoms with Crippen molar-refractivity contribution in [2.45, 2.75) is 12.1 Å². The van der Waals surface area contributed by atoms with Crippen LogP contribution in [0.3, 0.4) is 0 Å². The molecule has 3 nitrogen and oxygen atoms in total. The highest BCUT2D eigenvalue weighted by Crippen LogP contribution is 2.14. The van der Waals surface area contributed by atoms with Crippen molar-refractivity contribution in [2.24, 2.45) is 5.73 Å². The molecule has 1 aromatic rings. The second kappa shape index (κ2) is 4.21. The maximum absolute atomic E-state index is 9.50. The molecule has 0 radical (unpaired) electrons. The average Bonchev–Trinajstić information content (AvgIpc) is 2.17. The summed E-state index contributed by atoms with van der Waals surface area (Å²) in [5, 5.41) is 18.2. The van der Waals surface area contributed by atoms with Crippen molar-refractivity contribution >= 4 is 0 Å². The Kier molecular flexibility index (Phi) is 3.22. The van der Waals surface area contributed by atoms with Gasteiger partial charge < -0.3 is 15.9 Å². The van der Waals surface area contributed by atoms with Crippen LogP contribution in [0, 0.1) is 0 Å². The molecule has 2 atom stereocenters. The number of aliphatic hydroxyl groups is 2. The summed E-state index contributed by atoms with van der Waals surface area (Å²) in [6.45, 7) is -0.212. The lowest BCUT2D eigenvalue weighted by atomic mass is 10.0. The smallest absolute Gasteiger partial charge is 0.0963 e. The van der Waals surface area contributed by atoms with Gasteiger partial charge in [0.2, 0.25) is 0 Å². The lowest BCUT2D eigenvalue weighted by Gasteiger charge is -2.16. The molecule has 0 heterocycles. The highest BCUT2D eigenvalue weighted by Gasteiger charge is 2.14. The zero-order valence-electron chi connectivity index (χ0n) is 6.72. The fourth-order valence-electron chi connectivity index (χ4n) is 0.997. The van der Waals surface area contributed by atoms with Crippen LogP contribution >= 0.6 is 0 Å². The number of hydrogen-bond donors (Lipinski definition) is 3. The van der Waals surface area contributed by atoms with Crippen LogP contribution in [0.25, 0.3) is 0 Å². The van der Waals surface area contributed by atoms with Crippen molar-refractivity contribution < 1.29 is 10.2 Å². The summed E-state index contributed by atoms with van der Waals surface area (Å²) in [5.41, 5.74) is 6.18. The van der Waals surface area contributed by atoms with E-state index in [0.29, 0.717) is 0 Å². The maximum Gasteiger partial charge on any atom is 0.0963 e. The molecule has 0 aliphatic heterocycles. The summed E-state index contributed by atoms with van der Waals surface area (Å²) in [4.78, 5) is 0. The quantitative estimate of drug-likeness (QED) is 0.595. The van der Waals surface area contributed by atoms with Gasteiger partial charge in [-0.1, -0.05) is 30.3 Å². The van der Waals surface area contributed by atoms with Crippen molar-refractivity contribution in [1.29, 1.82) is 0 Å². The van der Waals surface area contributed by atoms with Gasteiger partial charge in [-0.2, -0.15) is 0 Å². The fourth-order valence-corrected chi connectivity index (χ4v) is 0.997. The molecule has 0 spiro atoms. The molecule has 0 aliphatic carbocycles. The van der Waals surface area contributed by atoms with E-state index in [1.807, 2.05) is 18.2 Å². The minimum Gasteiger partial charge on any atom is -0.395 e. The van der Waals surface area contributed by atoms with Crippen LogP contribution in [0.1, 0.15) is 11.7 Å². The molecule has 0 aromatic heterocycles. The van der Waals surface area contributed by atoms with Gasteiger partial charge in [-0.15, -0.1) is 0 Å². The van der Waals surface area contributed by atoms with E-state index in [2.05, 4.69) is 0 Å². The molecule has 3 heteroatoms. The average molecular weight is 167 g/mol. The minimum atomic E-state index is -0.781. The third-order valence-corrected chi connectivity index (χ3v) is 1.76. The van der Waals surface area contributed by atoms with Gasteiger partial charge >= 0.3 is 0 Å². The zero-order chi connectivity index (χ0) is 8.97. The van der Waals surface area contributed by atoms with E-state index in [9.17, 15) is 5.11 Å². The fraction of sp³-hybridized carbons (Fsp3) is 0.333. The summed E-state index contributed by atoms with van der Waals surface area (Å²) in [6.07, 6.45) is -0.781. The van der Waals surface area contributed by atoms with Gasteiger partial charge in [0, 0.05) is 0 Å². The van der Waals surface area contributed by atoms with Gasteiger partial charge in [-0.05, 0) is 5.56 Å². The van der Waals surface area contributed by atoms with Crippen molar-refractivity contribution in [1.82, 2.24) is 0 Å². The number of rotatable bonds is 3. The number of benzene rings is 1. The Balaban J connectivity index is 2.71. The summed E-state index contributed by atoms with van der Waals surface area (Å²) in [6, 6.07) is 8.46. The largest absolute Gasteiger partial charge is 0.395 e. The Bertz CT molecular complexity index is 225. The second-order valence-electron chi connectivity index (χ2n) is 2.70. The summed E-state index contributed by atoms with van der Waals surface area (Å²) in [5.74, 6) is 0. The first-order chi connectivity index (χ1) is 5.75. The van der Waals surface area contributed by atoms with Crippen LogP contribution in [0.15, 0.2) is 30.3 Å². The Labute approximate surface area is 71.5 Å². The lowest BCUT2D eigenvalue weighted by molar-refractivity contribution is 0.109. The summed E-state index contributed by atoms with van der Waals surface area (Å²) < 4.78 is 0. The third kappa shape index (κ3) is 2.04. The predicted octanol–water partition coefficient (Wildman–Crippen LogP) is 0.0396. The minimum absolute atomic E-state index is 0.212. The first kappa shape index (κ1) is 9.19. The van der Waals surface area contributed by atoms with Crippen molar-refractivity contribution in [3.05, 3.63) is 35.9 Å². The number of nitrogens with two attached hydrogens (primary N) is 1. The summed E-state index contributed by atoms with van der Waals surface area (Å²) in [7, 11) is 0. The van der Waals surface area contributed by atoms with Crippen LogP contribution in [-0.2, 0) is 0 Å². The zero-order valence-corrected chi connectivity index (χ0v) is 6.72. The molecule has 0 saturated heterocycles. The van der Waals surface area contributed by atoms with Crippen LogP contribution < -0.4 is 5.73 Å². The second-order valence-corrected chi connectivity index (χ2v) is 2.70. The molecule has 0 bridgehead atoms. The topological polar surface area (TPSA) is 66.5 Å². The molecule has 0 amide bonds. The van der Waals surface area contributed by atoms with Gasteiger partial charge in [-0.25, -0.2) is 0 Å². The lowest BCUT2D eigenvalue weighted by Crippen LogP contribution is -2.31. The molecule has 66 valence electrons. The van der Waals surface area contributed by atoms with Crippen molar-refractivity contribution in [3.63, 3.8) is 0 Å².